The van der Waals surface area contributed by atoms with Crippen molar-refractivity contribution >= 4 is 17.5 Å². The molecule has 0 spiro atoms. The molecule has 5 nitrogen and oxygen atoms in total. The zero-order valence-corrected chi connectivity index (χ0v) is 17.4. The molecule has 0 saturated carbocycles. The van der Waals surface area contributed by atoms with Crippen LogP contribution in [0.15, 0.2) is 42.5 Å². The summed E-state index contributed by atoms with van der Waals surface area (Å²) in [5.41, 5.74) is 0.533. The molecule has 1 amide bonds. The lowest BCUT2D eigenvalue weighted by atomic mass is 9.89. The van der Waals surface area contributed by atoms with E-state index in [9.17, 15) is 4.79 Å². The molecule has 3 rings (SSSR count). The number of nitrogens with one attached hydrogen (secondary N) is 1. The van der Waals surface area contributed by atoms with Gasteiger partial charge in [0.25, 0.3) is 5.91 Å². The standard InChI is InChI=1S/C22H26ClNO4/c1-5-19(27-15-8-6-14(23)7-9-15)21(25)24-18-13-22(2,3)28-20-12-16(26-4)10-11-17(18)20/h6-12,18-19H,5,13H2,1-4H3,(H,24,25)/t18-,19+/m0/s1. The number of benzene rings is 2. The van der Waals surface area contributed by atoms with Crippen molar-refractivity contribution in [3.8, 4) is 17.2 Å². The third kappa shape index (κ3) is 4.71. The number of methoxy groups -OCH3 is 1. The molecule has 1 aliphatic rings. The molecule has 2 aromatic rings. The van der Waals surface area contributed by atoms with E-state index in [-0.39, 0.29) is 11.9 Å². The van der Waals surface area contributed by atoms with Gasteiger partial charge in [0.2, 0.25) is 0 Å². The van der Waals surface area contributed by atoms with Crippen LogP contribution >= 0.6 is 11.6 Å². The summed E-state index contributed by atoms with van der Waals surface area (Å²) in [4.78, 5) is 12.9. The summed E-state index contributed by atoms with van der Waals surface area (Å²) in [6, 6.07) is 12.5. The van der Waals surface area contributed by atoms with Gasteiger partial charge in [-0.2, -0.15) is 0 Å². The topological polar surface area (TPSA) is 56.8 Å². The quantitative estimate of drug-likeness (QED) is 0.743. The lowest BCUT2D eigenvalue weighted by Gasteiger charge is -2.38. The van der Waals surface area contributed by atoms with E-state index in [1.165, 1.54) is 0 Å². The van der Waals surface area contributed by atoms with Gasteiger partial charge in [0, 0.05) is 23.1 Å². The first kappa shape index (κ1) is 20.3. The Labute approximate surface area is 170 Å². The summed E-state index contributed by atoms with van der Waals surface area (Å²) >= 11 is 5.91. The molecule has 0 saturated heterocycles. The molecule has 0 bridgehead atoms. The Bertz CT molecular complexity index is 835. The van der Waals surface area contributed by atoms with Crippen molar-refractivity contribution in [3.63, 3.8) is 0 Å². The zero-order chi connectivity index (χ0) is 20.3. The summed E-state index contributed by atoms with van der Waals surface area (Å²) < 4.78 is 17.3. The van der Waals surface area contributed by atoms with Crippen molar-refractivity contribution in [1.82, 2.24) is 5.32 Å². The summed E-state index contributed by atoms with van der Waals surface area (Å²) in [5, 5.41) is 3.77. The van der Waals surface area contributed by atoms with Crippen LogP contribution in [0, 0.1) is 0 Å². The average Bonchev–Trinajstić information content (AvgIpc) is 2.66. The fourth-order valence-electron chi connectivity index (χ4n) is 3.35. The lowest BCUT2D eigenvalue weighted by molar-refractivity contribution is -0.129. The van der Waals surface area contributed by atoms with Gasteiger partial charge in [-0.15, -0.1) is 0 Å². The second kappa shape index (κ2) is 8.31. The van der Waals surface area contributed by atoms with E-state index in [0.29, 0.717) is 23.6 Å². The molecule has 2 aromatic carbocycles. The monoisotopic (exact) mass is 403 g/mol. The van der Waals surface area contributed by atoms with E-state index in [1.807, 2.05) is 39.0 Å². The predicted molar refractivity (Wildman–Crippen MR) is 109 cm³/mol. The summed E-state index contributed by atoms with van der Waals surface area (Å²) in [5.74, 6) is 1.91. The number of hydrogen-bond donors (Lipinski definition) is 1. The molecule has 0 radical (unpaired) electrons. The number of carbonyl (C=O) groups is 1. The van der Waals surface area contributed by atoms with Crippen LogP contribution in [-0.2, 0) is 4.79 Å². The highest BCUT2D eigenvalue weighted by molar-refractivity contribution is 6.30. The molecule has 28 heavy (non-hydrogen) atoms. The van der Waals surface area contributed by atoms with Gasteiger partial charge in [-0.05, 0) is 56.7 Å². The van der Waals surface area contributed by atoms with E-state index < -0.39 is 11.7 Å². The highest BCUT2D eigenvalue weighted by Crippen LogP contribution is 2.41. The molecular formula is C22H26ClNO4. The second-order valence-electron chi connectivity index (χ2n) is 7.50. The van der Waals surface area contributed by atoms with Crippen molar-refractivity contribution < 1.29 is 19.0 Å². The summed E-state index contributed by atoms with van der Waals surface area (Å²) in [6.45, 7) is 5.94. The highest BCUT2D eigenvalue weighted by Gasteiger charge is 2.36. The molecule has 1 heterocycles. The van der Waals surface area contributed by atoms with Crippen molar-refractivity contribution in [3.05, 3.63) is 53.1 Å². The second-order valence-corrected chi connectivity index (χ2v) is 7.94. The number of hydrogen-bond acceptors (Lipinski definition) is 4. The van der Waals surface area contributed by atoms with Crippen molar-refractivity contribution in [2.24, 2.45) is 0 Å². The van der Waals surface area contributed by atoms with E-state index in [0.717, 1.165) is 17.1 Å². The molecular weight excluding hydrogens is 378 g/mol. The van der Waals surface area contributed by atoms with Crippen LogP contribution in [0.1, 0.15) is 45.2 Å². The maximum Gasteiger partial charge on any atom is 0.261 e. The van der Waals surface area contributed by atoms with Crippen LogP contribution in [0.4, 0.5) is 0 Å². The molecule has 150 valence electrons. The Morgan fingerprint density at radius 3 is 2.57 bits per heavy atom. The van der Waals surface area contributed by atoms with Crippen LogP contribution < -0.4 is 19.5 Å². The highest BCUT2D eigenvalue weighted by atomic mass is 35.5. The number of fused-ring (bicyclic) bond motifs is 1. The van der Waals surface area contributed by atoms with Crippen molar-refractivity contribution in [2.45, 2.75) is 51.4 Å². The molecule has 0 aliphatic carbocycles. The SMILES string of the molecule is CC[C@@H](Oc1ccc(Cl)cc1)C(=O)N[C@H]1CC(C)(C)Oc2cc(OC)ccc21. The fraction of sp³-hybridized carbons (Fsp3) is 0.409. The van der Waals surface area contributed by atoms with Gasteiger partial charge >= 0.3 is 0 Å². The van der Waals surface area contributed by atoms with Gasteiger partial charge in [-0.3, -0.25) is 4.79 Å². The smallest absolute Gasteiger partial charge is 0.261 e. The number of ether oxygens (including phenoxy) is 3. The summed E-state index contributed by atoms with van der Waals surface area (Å²) in [7, 11) is 1.62. The Kier molecular flexibility index (Phi) is 6.04. The number of halogens is 1. The van der Waals surface area contributed by atoms with Crippen LogP contribution in [0.25, 0.3) is 0 Å². The van der Waals surface area contributed by atoms with Gasteiger partial charge in [0.05, 0.1) is 13.2 Å². The maximum atomic E-state index is 12.9. The minimum atomic E-state index is -0.589. The largest absolute Gasteiger partial charge is 0.497 e. The molecule has 1 aliphatic heterocycles. The Morgan fingerprint density at radius 2 is 1.93 bits per heavy atom. The van der Waals surface area contributed by atoms with Gasteiger partial charge in [0.1, 0.15) is 22.8 Å². The van der Waals surface area contributed by atoms with Gasteiger partial charge in [0.15, 0.2) is 6.10 Å². The van der Waals surface area contributed by atoms with Crippen LogP contribution in [-0.4, -0.2) is 24.7 Å². The van der Waals surface area contributed by atoms with Gasteiger partial charge in [-0.25, -0.2) is 0 Å². The van der Waals surface area contributed by atoms with E-state index in [2.05, 4.69) is 5.32 Å². The van der Waals surface area contributed by atoms with Crippen LogP contribution in [0.2, 0.25) is 5.02 Å². The number of carbonyl (C=O) groups excluding carboxylic acids is 1. The maximum absolute atomic E-state index is 12.9. The summed E-state index contributed by atoms with van der Waals surface area (Å²) in [6.07, 6.45) is 0.625. The minimum absolute atomic E-state index is 0.151. The first-order valence-corrected chi connectivity index (χ1v) is 9.78. The third-order valence-electron chi connectivity index (χ3n) is 4.75. The van der Waals surface area contributed by atoms with Gasteiger partial charge < -0.3 is 19.5 Å². The van der Waals surface area contributed by atoms with Crippen molar-refractivity contribution in [1.29, 1.82) is 0 Å². The molecule has 0 unspecified atom stereocenters. The van der Waals surface area contributed by atoms with Crippen LogP contribution in [0.5, 0.6) is 17.2 Å². The first-order chi connectivity index (χ1) is 13.3. The third-order valence-corrected chi connectivity index (χ3v) is 5.00. The minimum Gasteiger partial charge on any atom is -0.497 e. The number of rotatable bonds is 6. The van der Waals surface area contributed by atoms with E-state index >= 15 is 0 Å². The zero-order valence-electron chi connectivity index (χ0n) is 16.6. The molecule has 1 N–H and O–H groups in total. The van der Waals surface area contributed by atoms with E-state index in [1.54, 1.807) is 31.4 Å². The van der Waals surface area contributed by atoms with Gasteiger partial charge in [-0.1, -0.05) is 18.5 Å². The number of amides is 1. The van der Waals surface area contributed by atoms with Crippen LogP contribution in [0.3, 0.4) is 0 Å². The Balaban J connectivity index is 1.77. The molecule has 6 heteroatoms. The molecule has 0 fully saturated rings. The fourth-order valence-corrected chi connectivity index (χ4v) is 3.48. The van der Waals surface area contributed by atoms with E-state index in [4.69, 9.17) is 25.8 Å². The molecule has 0 aromatic heterocycles. The average molecular weight is 404 g/mol. The lowest BCUT2D eigenvalue weighted by Crippen LogP contribution is -2.45. The predicted octanol–water partition coefficient (Wildman–Crippen LogP) is 4.92. The Morgan fingerprint density at radius 1 is 1.25 bits per heavy atom. The normalized spacial score (nSPS) is 18.4. The van der Waals surface area contributed by atoms with Crippen molar-refractivity contribution in [2.75, 3.05) is 7.11 Å². The Hall–Kier alpha value is -2.40. The first-order valence-electron chi connectivity index (χ1n) is 9.41. The molecule has 2 atom stereocenters.